The van der Waals surface area contributed by atoms with Gasteiger partial charge in [-0.05, 0) is 6.07 Å². The number of carbonyl (C=O) groups is 2. The van der Waals surface area contributed by atoms with Gasteiger partial charge in [0.1, 0.15) is 11.0 Å². The molecule has 0 radical (unpaired) electrons. The van der Waals surface area contributed by atoms with E-state index in [1.165, 1.54) is 36.5 Å². The van der Waals surface area contributed by atoms with Gasteiger partial charge in [-0.25, -0.2) is 30.0 Å². The van der Waals surface area contributed by atoms with E-state index >= 15 is 0 Å². The third-order valence-electron chi connectivity index (χ3n) is 5.04. The van der Waals surface area contributed by atoms with Gasteiger partial charge in [0.05, 0.1) is 15.1 Å². The van der Waals surface area contributed by atoms with Crippen LogP contribution in [0, 0.1) is 0 Å². The molecule has 2 heterocycles. The zero-order valence-electron chi connectivity index (χ0n) is 18.8. The van der Waals surface area contributed by atoms with E-state index in [-0.39, 0.29) is 11.8 Å². The normalized spacial score (nSPS) is 11.7. The molecule has 0 aliphatic rings. The van der Waals surface area contributed by atoms with Crippen LogP contribution in [0.2, 0.25) is 0 Å². The van der Waals surface area contributed by atoms with Gasteiger partial charge < -0.3 is 5.73 Å². The first kappa shape index (κ1) is 23.3. The molecule has 3 rings (SSSR count). The minimum Gasteiger partial charge on any atom is -0.395 e. The van der Waals surface area contributed by atoms with Gasteiger partial charge in [-0.2, -0.15) is 0 Å². The number of fused-ring (bicyclic) bond motifs is 2. The molecule has 2 amide bonds. The topological polar surface area (TPSA) is 98.9 Å². The van der Waals surface area contributed by atoms with Gasteiger partial charge in [0.15, 0.2) is 0 Å². The summed E-state index contributed by atoms with van der Waals surface area (Å²) in [5.74, 6) is -0.195. The quantitative estimate of drug-likeness (QED) is 0.402. The van der Waals surface area contributed by atoms with Crippen molar-refractivity contribution in [3.05, 3.63) is 6.07 Å². The molecule has 1 aromatic carbocycles. The number of hydrogen-bond acceptors (Lipinski definition) is 9. The van der Waals surface area contributed by atoms with Crippen LogP contribution in [-0.2, 0) is 9.59 Å². The average Bonchev–Trinajstić information content (AvgIpc) is 3.33. The van der Waals surface area contributed by atoms with Crippen molar-refractivity contribution in [1.82, 2.24) is 20.0 Å². The number of nitrogens with zero attached hydrogens (tertiary/aromatic N) is 6. The highest BCUT2D eigenvalue weighted by molar-refractivity contribution is 7.24. The summed E-state index contributed by atoms with van der Waals surface area (Å²) in [4.78, 5) is 34.0. The maximum atomic E-state index is 12.3. The van der Waals surface area contributed by atoms with Crippen LogP contribution in [0.1, 0.15) is 41.5 Å². The first-order valence-electron chi connectivity index (χ1n) is 10.4. The van der Waals surface area contributed by atoms with Crippen LogP contribution < -0.4 is 15.8 Å². The van der Waals surface area contributed by atoms with Gasteiger partial charge in [-0.1, -0.05) is 50.4 Å². The SMILES string of the molecule is CCN(CC)N(C(C)=O)c1nc2c(N)c3nc(N(C(C)=O)N(CC)CC)sc3cc2s1. The summed E-state index contributed by atoms with van der Waals surface area (Å²) in [7, 11) is 0. The molecular weight excluding hydrogens is 434 g/mol. The minimum absolute atomic E-state index is 0.0973. The summed E-state index contributed by atoms with van der Waals surface area (Å²) < 4.78 is 1.76. The fourth-order valence-corrected chi connectivity index (χ4v) is 5.82. The number of benzene rings is 1. The fraction of sp³-hybridized carbons (Fsp3) is 0.500. The number of nitrogens with two attached hydrogens (primary N) is 1. The molecule has 0 fully saturated rings. The molecule has 168 valence electrons. The van der Waals surface area contributed by atoms with Crippen LogP contribution in [0.5, 0.6) is 0 Å². The predicted molar refractivity (Wildman–Crippen MR) is 129 cm³/mol. The first-order valence-corrected chi connectivity index (χ1v) is 12.0. The minimum atomic E-state index is -0.0973. The molecule has 0 saturated carbocycles. The van der Waals surface area contributed by atoms with Gasteiger partial charge in [0, 0.05) is 40.0 Å². The van der Waals surface area contributed by atoms with E-state index < -0.39 is 0 Å². The van der Waals surface area contributed by atoms with Gasteiger partial charge in [-0.15, -0.1) is 0 Å². The lowest BCUT2D eigenvalue weighted by Crippen LogP contribution is -2.45. The highest BCUT2D eigenvalue weighted by atomic mass is 32.1. The molecule has 2 aromatic heterocycles. The second-order valence-electron chi connectivity index (χ2n) is 6.92. The Kier molecular flexibility index (Phi) is 7.10. The molecule has 0 saturated heterocycles. The van der Waals surface area contributed by atoms with Crippen molar-refractivity contribution in [2.24, 2.45) is 0 Å². The summed E-state index contributed by atoms with van der Waals surface area (Å²) in [6.07, 6.45) is 0. The molecule has 3 aromatic rings. The van der Waals surface area contributed by atoms with E-state index in [9.17, 15) is 9.59 Å². The number of hydrogen-bond donors (Lipinski definition) is 1. The van der Waals surface area contributed by atoms with Crippen molar-refractivity contribution >= 4 is 70.9 Å². The van der Waals surface area contributed by atoms with Crippen LogP contribution in [0.25, 0.3) is 20.4 Å². The lowest BCUT2D eigenvalue weighted by molar-refractivity contribution is -0.120. The highest BCUT2D eigenvalue weighted by Gasteiger charge is 2.26. The molecule has 11 heteroatoms. The smallest absolute Gasteiger partial charge is 0.240 e. The third-order valence-corrected chi connectivity index (χ3v) is 7.00. The number of nitrogen functional groups attached to an aromatic ring is 1. The van der Waals surface area contributed by atoms with Crippen molar-refractivity contribution < 1.29 is 9.59 Å². The van der Waals surface area contributed by atoms with E-state index in [1.54, 1.807) is 10.0 Å². The number of anilines is 3. The van der Waals surface area contributed by atoms with Gasteiger partial charge in [0.25, 0.3) is 0 Å². The Morgan fingerprint density at radius 3 is 1.45 bits per heavy atom. The molecule has 0 aliphatic heterocycles. The summed E-state index contributed by atoms with van der Waals surface area (Å²) in [6, 6.07) is 1.99. The summed E-state index contributed by atoms with van der Waals surface area (Å²) in [5, 5.41) is 8.26. The fourth-order valence-electron chi connectivity index (χ4n) is 3.56. The van der Waals surface area contributed by atoms with E-state index in [0.717, 1.165) is 9.40 Å². The van der Waals surface area contributed by atoms with Crippen molar-refractivity contribution in [2.45, 2.75) is 41.5 Å². The molecule has 0 unspecified atom stereocenters. The van der Waals surface area contributed by atoms with Crippen LogP contribution in [-0.4, -0.2) is 58.0 Å². The number of hydrazine groups is 2. The van der Waals surface area contributed by atoms with Crippen LogP contribution in [0.15, 0.2) is 6.07 Å². The Bertz CT molecular complexity index is 1020. The number of carbonyl (C=O) groups excluding carboxylic acids is 2. The predicted octanol–water partition coefficient (Wildman–Crippen LogP) is 3.71. The van der Waals surface area contributed by atoms with E-state index in [0.29, 0.717) is 53.2 Å². The first-order chi connectivity index (χ1) is 14.8. The van der Waals surface area contributed by atoms with E-state index in [2.05, 4.69) is 9.97 Å². The number of thiazole rings is 2. The Hall–Kier alpha value is -2.34. The largest absolute Gasteiger partial charge is 0.395 e. The number of rotatable bonds is 8. The Morgan fingerprint density at radius 2 is 1.16 bits per heavy atom. The molecule has 9 nitrogen and oxygen atoms in total. The van der Waals surface area contributed by atoms with Crippen molar-refractivity contribution in [2.75, 3.05) is 41.9 Å². The number of amides is 2. The monoisotopic (exact) mass is 463 g/mol. The Labute approximate surface area is 190 Å². The molecular formula is C20H29N7O2S2. The van der Waals surface area contributed by atoms with Crippen molar-refractivity contribution in [1.29, 1.82) is 0 Å². The van der Waals surface area contributed by atoms with Crippen molar-refractivity contribution in [3.63, 3.8) is 0 Å². The van der Waals surface area contributed by atoms with E-state index in [1.807, 2.05) is 43.8 Å². The lowest BCUT2D eigenvalue weighted by atomic mass is 10.2. The molecule has 0 bridgehead atoms. The number of aromatic nitrogens is 2. The Balaban J connectivity index is 2.13. The molecule has 0 atom stereocenters. The van der Waals surface area contributed by atoms with Crippen LogP contribution in [0.3, 0.4) is 0 Å². The third kappa shape index (κ3) is 4.22. The summed E-state index contributed by atoms with van der Waals surface area (Å²) >= 11 is 2.84. The highest BCUT2D eigenvalue weighted by Crippen LogP contribution is 2.41. The zero-order chi connectivity index (χ0) is 22.9. The average molecular weight is 464 g/mol. The molecule has 2 N–H and O–H groups in total. The summed E-state index contributed by atoms with van der Waals surface area (Å²) in [5.41, 5.74) is 8.18. The second-order valence-corrected chi connectivity index (χ2v) is 8.93. The van der Waals surface area contributed by atoms with Crippen LogP contribution in [0.4, 0.5) is 16.0 Å². The van der Waals surface area contributed by atoms with E-state index in [4.69, 9.17) is 5.73 Å². The van der Waals surface area contributed by atoms with Crippen molar-refractivity contribution in [3.8, 4) is 0 Å². The maximum absolute atomic E-state index is 12.3. The molecule has 31 heavy (non-hydrogen) atoms. The Morgan fingerprint density at radius 1 is 0.806 bits per heavy atom. The zero-order valence-corrected chi connectivity index (χ0v) is 20.4. The van der Waals surface area contributed by atoms with Gasteiger partial charge in [-0.3, -0.25) is 9.59 Å². The maximum Gasteiger partial charge on any atom is 0.240 e. The second kappa shape index (κ2) is 9.43. The van der Waals surface area contributed by atoms with Gasteiger partial charge in [0.2, 0.25) is 22.1 Å². The molecule has 0 spiro atoms. The van der Waals surface area contributed by atoms with Gasteiger partial charge >= 0.3 is 0 Å². The van der Waals surface area contributed by atoms with Crippen LogP contribution >= 0.6 is 22.7 Å². The standard InChI is InChI=1S/C20H29N7O2S2/c1-7-24(8-2)26(12(5)28)19-22-17-14(30-19)11-15-18(16(17)21)23-20(31-15)27(13(6)29)25(9-3)10-4/h11H,7-10,21H2,1-6H3. The molecule has 0 aliphatic carbocycles. The lowest BCUT2D eigenvalue weighted by Gasteiger charge is -2.30. The summed E-state index contributed by atoms with van der Waals surface area (Å²) in [6.45, 7) is 13.8.